The molecule has 3 heterocycles. The number of carbonyl (C=O) groups is 1. The molecule has 1 aliphatic rings. The van der Waals surface area contributed by atoms with E-state index < -0.39 is 0 Å². The van der Waals surface area contributed by atoms with Crippen LogP contribution >= 0.6 is 11.3 Å². The summed E-state index contributed by atoms with van der Waals surface area (Å²) in [4.78, 5) is 34.9. The molecule has 1 aliphatic heterocycles. The number of hydrogen-bond donors (Lipinski definition) is 0. The van der Waals surface area contributed by atoms with E-state index in [4.69, 9.17) is 0 Å². The van der Waals surface area contributed by atoms with Crippen molar-refractivity contribution in [2.24, 2.45) is 0 Å². The highest BCUT2D eigenvalue weighted by molar-refractivity contribution is 7.07. The average Bonchev–Trinajstić information content (AvgIpc) is 3.22. The van der Waals surface area contributed by atoms with Gasteiger partial charge in [-0.05, 0) is 18.2 Å². The van der Waals surface area contributed by atoms with Gasteiger partial charge in [-0.1, -0.05) is 19.1 Å². The first-order valence-corrected chi connectivity index (χ1v) is 9.51. The second-order valence-electron chi connectivity index (χ2n) is 6.11. The summed E-state index contributed by atoms with van der Waals surface area (Å²) < 4.78 is 2.07. The number of hydrogen-bond acceptors (Lipinski definition) is 5. The van der Waals surface area contributed by atoms with Crippen LogP contribution in [0.4, 0.5) is 0 Å². The molecule has 0 unspecified atom stereocenters. The molecular formula is C19H18N4O2S. The third kappa shape index (κ3) is 2.84. The Morgan fingerprint density at radius 1 is 1.31 bits per heavy atom. The molecule has 0 spiro atoms. The van der Waals surface area contributed by atoms with Gasteiger partial charge in [0.25, 0.3) is 11.5 Å². The Labute approximate surface area is 154 Å². The Hall–Kier alpha value is -2.80. The third-order valence-corrected chi connectivity index (χ3v) is 5.18. The fraction of sp³-hybridized carbons (Fsp3) is 0.263. The largest absolute Gasteiger partial charge is 0.333 e. The summed E-state index contributed by atoms with van der Waals surface area (Å²) in [6.45, 7) is 3.13. The molecule has 0 bridgehead atoms. The monoisotopic (exact) mass is 366 g/mol. The van der Waals surface area contributed by atoms with E-state index in [1.165, 1.54) is 11.3 Å². The normalized spacial score (nSPS) is 14.5. The van der Waals surface area contributed by atoms with E-state index in [2.05, 4.69) is 14.5 Å². The van der Waals surface area contributed by atoms with Crippen molar-refractivity contribution >= 4 is 33.8 Å². The molecule has 0 saturated heterocycles. The van der Waals surface area contributed by atoms with E-state index in [1.54, 1.807) is 15.8 Å². The zero-order chi connectivity index (χ0) is 18.1. The lowest BCUT2D eigenvalue weighted by Gasteiger charge is -2.28. The van der Waals surface area contributed by atoms with E-state index in [0.717, 1.165) is 17.0 Å². The summed E-state index contributed by atoms with van der Waals surface area (Å²) in [6, 6.07) is 7.54. The Kier molecular flexibility index (Phi) is 4.38. The van der Waals surface area contributed by atoms with E-state index in [1.807, 2.05) is 37.3 Å². The number of aromatic nitrogens is 3. The van der Waals surface area contributed by atoms with Crippen molar-refractivity contribution in [3.05, 3.63) is 63.1 Å². The zero-order valence-corrected chi connectivity index (χ0v) is 15.2. The Balaban J connectivity index is 1.72. The molecule has 132 valence electrons. The minimum absolute atomic E-state index is 0.0415. The smallest absolute Gasteiger partial charge is 0.280 e. The van der Waals surface area contributed by atoms with Crippen LogP contribution in [0.2, 0.25) is 0 Å². The maximum absolute atomic E-state index is 12.5. The topological polar surface area (TPSA) is 68.1 Å². The fourth-order valence-corrected chi connectivity index (χ4v) is 3.83. The summed E-state index contributed by atoms with van der Waals surface area (Å²) in [5.74, 6) is 0.708. The van der Waals surface area contributed by atoms with E-state index in [-0.39, 0.29) is 11.5 Å². The molecule has 0 saturated carbocycles. The first kappa shape index (κ1) is 16.7. The van der Waals surface area contributed by atoms with E-state index in [0.29, 0.717) is 37.0 Å². The van der Waals surface area contributed by atoms with Crippen LogP contribution < -0.4 is 5.56 Å². The molecule has 7 heteroatoms. The minimum Gasteiger partial charge on any atom is -0.333 e. The second kappa shape index (κ2) is 6.84. The summed E-state index contributed by atoms with van der Waals surface area (Å²) in [7, 11) is 0. The van der Waals surface area contributed by atoms with Crippen molar-refractivity contribution in [1.29, 1.82) is 0 Å². The maximum Gasteiger partial charge on any atom is 0.280 e. The number of nitrogens with zero attached hydrogens (tertiary/aromatic N) is 4. The first-order valence-electron chi connectivity index (χ1n) is 8.56. The molecule has 0 fully saturated rings. The molecule has 2 aromatic heterocycles. The van der Waals surface area contributed by atoms with Gasteiger partial charge in [-0.15, -0.1) is 11.3 Å². The van der Waals surface area contributed by atoms with Crippen LogP contribution in [0.3, 0.4) is 0 Å². The van der Waals surface area contributed by atoms with Gasteiger partial charge in [-0.3, -0.25) is 9.59 Å². The van der Waals surface area contributed by atoms with Crippen LogP contribution in [-0.4, -0.2) is 38.4 Å². The standard InChI is InChI=1S/C19H18N4O2S/c1-2-17-21-18(24)14-5-3-4-6-16(14)23(17)13-7-9-22(10-8-13)19(25)15-11-26-12-20-15/h3-7,11-12H,2,8-10H2,1H3. The minimum atomic E-state index is -0.189. The maximum atomic E-state index is 12.5. The average molecular weight is 366 g/mol. The highest BCUT2D eigenvalue weighted by Crippen LogP contribution is 2.23. The molecule has 3 aromatic rings. The van der Waals surface area contributed by atoms with Crippen molar-refractivity contribution in [3.8, 4) is 0 Å². The van der Waals surface area contributed by atoms with Crippen molar-refractivity contribution in [3.63, 3.8) is 0 Å². The molecule has 0 radical (unpaired) electrons. The van der Waals surface area contributed by atoms with Crippen LogP contribution in [0.15, 0.2) is 46.0 Å². The highest BCUT2D eigenvalue weighted by atomic mass is 32.1. The molecule has 1 aromatic carbocycles. The van der Waals surface area contributed by atoms with Crippen molar-refractivity contribution in [2.75, 3.05) is 13.1 Å². The van der Waals surface area contributed by atoms with Crippen molar-refractivity contribution in [1.82, 2.24) is 19.4 Å². The van der Waals surface area contributed by atoms with Gasteiger partial charge in [0.15, 0.2) is 0 Å². The van der Waals surface area contributed by atoms with Gasteiger partial charge in [0, 0.05) is 37.0 Å². The van der Waals surface area contributed by atoms with Gasteiger partial charge in [0.1, 0.15) is 11.5 Å². The Morgan fingerprint density at radius 2 is 2.15 bits per heavy atom. The highest BCUT2D eigenvalue weighted by Gasteiger charge is 2.22. The SMILES string of the molecule is CCc1nc(=O)c2ccccc2n1C1=CCN(C(=O)c2cscn2)CC1. The predicted molar refractivity (Wildman–Crippen MR) is 102 cm³/mol. The number of rotatable bonds is 3. The third-order valence-electron chi connectivity index (χ3n) is 4.59. The lowest BCUT2D eigenvalue weighted by Crippen LogP contribution is -2.35. The van der Waals surface area contributed by atoms with Crippen LogP contribution in [0.1, 0.15) is 29.7 Å². The van der Waals surface area contributed by atoms with E-state index in [9.17, 15) is 9.59 Å². The van der Waals surface area contributed by atoms with Crippen LogP contribution in [-0.2, 0) is 6.42 Å². The number of amides is 1. The van der Waals surface area contributed by atoms with Crippen molar-refractivity contribution < 1.29 is 4.79 Å². The van der Waals surface area contributed by atoms with Gasteiger partial charge < -0.3 is 9.47 Å². The zero-order valence-electron chi connectivity index (χ0n) is 14.4. The van der Waals surface area contributed by atoms with Crippen LogP contribution in [0.25, 0.3) is 16.6 Å². The molecular weight excluding hydrogens is 348 g/mol. The molecule has 0 N–H and O–H groups in total. The van der Waals surface area contributed by atoms with Gasteiger partial charge in [-0.2, -0.15) is 4.98 Å². The molecule has 26 heavy (non-hydrogen) atoms. The van der Waals surface area contributed by atoms with Gasteiger partial charge in [-0.25, -0.2) is 4.98 Å². The number of benzene rings is 1. The predicted octanol–water partition coefficient (Wildman–Crippen LogP) is 2.80. The molecule has 6 nitrogen and oxygen atoms in total. The first-order chi connectivity index (χ1) is 12.7. The summed E-state index contributed by atoms with van der Waals surface area (Å²) in [5.41, 5.74) is 3.93. The molecule has 0 aliphatic carbocycles. The lowest BCUT2D eigenvalue weighted by atomic mass is 10.1. The number of thiazole rings is 1. The van der Waals surface area contributed by atoms with Gasteiger partial charge in [0.05, 0.1) is 16.4 Å². The molecule has 0 atom stereocenters. The van der Waals surface area contributed by atoms with Crippen molar-refractivity contribution in [2.45, 2.75) is 19.8 Å². The van der Waals surface area contributed by atoms with Crippen LogP contribution in [0, 0.1) is 0 Å². The Morgan fingerprint density at radius 3 is 2.85 bits per heavy atom. The van der Waals surface area contributed by atoms with Gasteiger partial charge in [0.2, 0.25) is 0 Å². The Bertz CT molecular complexity index is 1050. The number of carbonyl (C=O) groups excluding carboxylic acids is 1. The summed E-state index contributed by atoms with van der Waals surface area (Å²) in [6.07, 6.45) is 3.42. The van der Waals surface area contributed by atoms with E-state index >= 15 is 0 Å². The number of aryl methyl sites for hydroxylation is 1. The summed E-state index contributed by atoms with van der Waals surface area (Å²) in [5, 5.41) is 2.39. The van der Waals surface area contributed by atoms with Crippen LogP contribution in [0.5, 0.6) is 0 Å². The number of para-hydroxylation sites is 1. The lowest BCUT2D eigenvalue weighted by molar-refractivity contribution is 0.0767. The fourth-order valence-electron chi connectivity index (χ4n) is 3.30. The summed E-state index contributed by atoms with van der Waals surface area (Å²) >= 11 is 1.42. The van der Waals surface area contributed by atoms with Gasteiger partial charge >= 0.3 is 0 Å². The number of fused-ring (bicyclic) bond motifs is 1. The molecule has 4 rings (SSSR count). The molecule has 1 amide bonds. The second-order valence-corrected chi connectivity index (χ2v) is 6.83. The quantitative estimate of drug-likeness (QED) is 0.715.